The van der Waals surface area contributed by atoms with Crippen LogP contribution < -0.4 is 10.6 Å². The van der Waals surface area contributed by atoms with Gasteiger partial charge in [0, 0.05) is 44.3 Å². The van der Waals surface area contributed by atoms with Crippen LogP contribution in [-0.4, -0.2) is 62.9 Å². The molecule has 0 bridgehead atoms. The molecule has 23 heavy (non-hydrogen) atoms. The number of carbonyl (C=O) groups is 1. The van der Waals surface area contributed by atoms with Crippen molar-refractivity contribution in [2.24, 2.45) is 0 Å². The minimum atomic E-state index is 0.0300. The lowest BCUT2D eigenvalue weighted by Crippen LogP contribution is -2.43. The Hall–Kier alpha value is -1.47. The van der Waals surface area contributed by atoms with Crippen molar-refractivity contribution < 1.29 is 14.3 Å². The van der Waals surface area contributed by atoms with Gasteiger partial charge in [0.1, 0.15) is 0 Å². The largest absolute Gasteiger partial charge is 0.379 e. The molecule has 2 saturated heterocycles. The molecule has 6 heteroatoms. The van der Waals surface area contributed by atoms with Crippen molar-refractivity contribution in [1.82, 2.24) is 10.2 Å². The van der Waals surface area contributed by atoms with Crippen LogP contribution in [0.5, 0.6) is 0 Å². The Morgan fingerprint density at radius 3 is 2.83 bits per heavy atom. The second-order valence-electron chi connectivity index (χ2n) is 6.02. The van der Waals surface area contributed by atoms with Gasteiger partial charge in [-0.2, -0.15) is 0 Å². The molecule has 0 aromatic heterocycles. The second-order valence-corrected chi connectivity index (χ2v) is 6.02. The van der Waals surface area contributed by atoms with Gasteiger partial charge >= 0.3 is 0 Å². The lowest BCUT2D eigenvalue weighted by Gasteiger charge is -2.27. The van der Waals surface area contributed by atoms with Gasteiger partial charge in [-0.3, -0.25) is 9.69 Å². The predicted octanol–water partition coefficient (Wildman–Crippen LogP) is 0.836. The molecule has 0 radical (unpaired) electrons. The summed E-state index contributed by atoms with van der Waals surface area (Å²) in [7, 11) is 0. The van der Waals surface area contributed by atoms with Crippen molar-refractivity contribution in [1.29, 1.82) is 0 Å². The molecule has 0 aliphatic carbocycles. The number of nitrogens with zero attached hydrogens (tertiary/aromatic N) is 1. The highest BCUT2D eigenvalue weighted by Gasteiger charge is 2.18. The van der Waals surface area contributed by atoms with Crippen LogP contribution in [0.4, 0.5) is 5.69 Å². The third-order valence-corrected chi connectivity index (χ3v) is 4.22. The standard InChI is InChI=1S/C17H25N3O3/c21-17(11-15-13-23-8-5-18-15)19-16-4-2-1-3-14(16)12-20-6-9-22-10-7-20/h1-4,15,18H,5-13H2,(H,19,21). The average molecular weight is 319 g/mol. The summed E-state index contributed by atoms with van der Waals surface area (Å²) in [6, 6.07) is 8.13. The Bertz CT molecular complexity index is 512. The third kappa shape index (κ3) is 5.00. The van der Waals surface area contributed by atoms with Crippen LogP contribution in [0.15, 0.2) is 24.3 Å². The summed E-state index contributed by atoms with van der Waals surface area (Å²) in [5, 5.41) is 6.36. The first-order valence-corrected chi connectivity index (χ1v) is 8.30. The molecule has 2 N–H and O–H groups in total. The minimum Gasteiger partial charge on any atom is -0.379 e. The summed E-state index contributed by atoms with van der Waals surface area (Å²) in [5.41, 5.74) is 2.05. The number of carbonyl (C=O) groups excluding carboxylic acids is 1. The van der Waals surface area contributed by atoms with E-state index in [4.69, 9.17) is 9.47 Å². The Balaban J connectivity index is 1.57. The molecule has 2 fully saturated rings. The van der Waals surface area contributed by atoms with Crippen LogP contribution in [0.1, 0.15) is 12.0 Å². The van der Waals surface area contributed by atoms with E-state index in [2.05, 4.69) is 21.6 Å². The second kappa shape index (κ2) is 8.40. The number of hydrogen-bond donors (Lipinski definition) is 2. The van der Waals surface area contributed by atoms with E-state index in [1.165, 1.54) is 0 Å². The number of nitrogens with one attached hydrogen (secondary N) is 2. The highest BCUT2D eigenvalue weighted by atomic mass is 16.5. The summed E-state index contributed by atoms with van der Waals surface area (Å²) in [4.78, 5) is 14.6. The Morgan fingerprint density at radius 2 is 2.04 bits per heavy atom. The number of amides is 1. The molecule has 0 spiro atoms. The maximum absolute atomic E-state index is 12.3. The molecule has 2 heterocycles. The van der Waals surface area contributed by atoms with Crippen LogP contribution in [0.25, 0.3) is 0 Å². The summed E-state index contributed by atoms with van der Waals surface area (Å²) in [6.45, 7) is 6.40. The van der Waals surface area contributed by atoms with E-state index in [1.54, 1.807) is 0 Å². The molecule has 0 saturated carbocycles. The Labute approximate surface area is 137 Å². The van der Waals surface area contributed by atoms with Crippen LogP contribution in [0.2, 0.25) is 0 Å². The first-order chi connectivity index (χ1) is 11.3. The van der Waals surface area contributed by atoms with Crippen LogP contribution >= 0.6 is 0 Å². The molecule has 2 aliphatic rings. The first-order valence-electron chi connectivity index (χ1n) is 8.30. The van der Waals surface area contributed by atoms with Gasteiger partial charge in [0.05, 0.1) is 26.4 Å². The lowest BCUT2D eigenvalue weighted by molar-refractivity contribution is -0.117. The van der Waals surface area contributed by atoms with Crippen molar-refractivity contribution in [3.8, 4) is 0 Å². The zero-order valence-corrected chi connectivity index (χ0v) is 13.4. The smallest absolute Gasteiger partial charge is 0.226 e. The lowest BCUT2D eigenvalue weighted by atomic mass is 10.1. The fourth-order valence-electron chi connectivity index (χ4n) is 2.96. The Morgan fingerprint density at radius 1 is 1.22 bits per heavy atom. The van der Waals surface area contributed by atoms with Crippen LogP contribution in [0, 0.1) is 0 Å². The van der Waals surface area contributed by atoms with Crippen LogP contribution in [-0.2, 0) is 20.8 Å². The highest BCUT2D eigenvalue weighted by molar-refractivity contribution is 5.91. The maximum atomic E-state index is 12.3. The molecule has 1 aromatic carbocycles. The highest BCUT2D eigenvalue weighted by Crippen LogP contribution is 2.18. The van der Waals surface area contributed by atoms with Gasteiger partial charge in [-0.15, -0.1) is 0 Å². The number of rotatable bonds is 5. The maximum Gasteiger partial charge on any atom is 0.226 e. The van der Waals surface area contributed by atoms with Gasteiger partial charge in [-0.05, 0) is 11.6 Å². The monoisotopic (exact) mass is 319 g/mol. The van der Waals surface area contributed by atoms with E-state index in [0.29, 0.717) is 13.0 Å². The first kappa shape index (κ1) is 16.4. The Kier molecular flexibility index (Phi) is 5.99. The zero-order valence-electron chi connectivity index (χ0n) is 13.4. The molecule has 6 nitrogen and oxygen atoms in total. The zero-order chi connectivity index (χ0) is 15.9. The number of hydrogen-bond acceptors (Lipinski definition) is 5. The average Bonchev–Trinajstić information content (AvgIpc) is 2.58. The molecule has 2 aliphatic heterocycles. The summed E-state index contributed by atoms with van der Waals surface area (Å²) < 4.78 is 10.8. The van der Waals surface area contributed by atoms with Crippen molar-refractivity contribution in [3.05, 3.63) is 29.8 Å². The normalized spacial score (nSPS) is 22.7. The molecular formula is C17H25N3O3. The van der Waals surface area contributed by atoms with E-state index in [0.717, 1.165) is 57.3 Å². The molecule has 1 amide bonds. The number of anilines is 1. The van der Waals surface area contributed by atoms with E-state index < -0.39 is 0 Å². The summed E-state index contributed by atoms with van der Waals surface area (Å²) in [6.07, 6.45) is 0.436. The SMILES string of the molecule is O=C(CC1COCCN1)Nc1ccccc1CN1CCOCC1. The van der Waals surface area contributed by atoms with Gasteiger partial charge in [-0.25, -0.2) is 0 Å². The minimum absolute atomic E-state index is 0.0300. The van der Waals surface area contributed by atoms with Crippen molar-refractivity contribution >= 4 is 11.6 Å². The quantitative estimate of drug-likeness (QED) is 0.842. The molecule has 1 unspecified atom stereocenters. The van der Waals surface area contributed by atoms with E-state index in [9.17, 15) is 4.79 Å². The van der Waals surface area contributed by atoms with Gasteiger partial charge in [0.15, 0.2) is 0 Å². The van der Waals surface area contributed by atoms with Crippen molar-refractivity contribution in [2.45, 2.75) is 19.0 Å². The number of para-hydroxylation sites is 1. The molecule has 1 atom stereocenters. The van der Waals surface area contributed by atoms with E-state index in [-0.39, 0.29) is 11.9 Å². The van der Waals surface area contributed by atoms with Crippen molar-refractivity contribution in [2.75, 3.05) is 51.4 Å². The molecular weight excluding hydrogens is 294 g/mol. The summed E-state index contributed by atoms with van der Waals surface area (Å²) >= 11 is 0. The number of benzene rings is 1. The molecule has 1 aromatic rings. The fraction of sp³-hybridized carbons (Fsp3) is 0.588. The topological polar surface area (TPSA) is 62.8 Å². The number of morpholine rings is 2. The van der Waals surface area contributed by atoms with Gasteiger partial charge in [0.25, 0.3) is 0 Å². The van der Waals surface area contributed by atoms with Gasteiger partial charge in [0.2, 0.25) is 5.91 Å². The van der Waals surface area contributed by atoms with Gasteiger partial charge in [-0.1, -0.05) is 18.2 Å². The van der Waals surface area contributed by atoms with Crippen LogP contribution in [0.3, 0.4) is 0 Å². The molecule has 3 rings (SSSR count). The number of ether oxygens (including phenoxy) is 2. The summed E-state index contributed by atoms with van der Waals surface area (Å²) in [5.74, 6) is 0.0300. The molecule has 126 valence electrons. The van der Waals surface area contributed by atoms with E-state index in [1.807, 2.05) is 18.2 Å². The predicted molar refractivity (Wildman–Crippen MR) is 88.4 cm³/mol. The van der Waals surface area contributed by atoms with E-state index >= 15 is 0 Å². The third-order valence-electron chi connectivity index (χ3n) is 4.22. The van der Waals surface area contributed by atoms with Gasteiger partial charge < -0.3 is 20.1 Å². The fourth-order valence-corrected chi connectivity index (χ4v) is 2.96. The van der Waals surface area contributed by atoms with Crippen molar-refractivity contribution in [3.63, 3.8) is 0 Å².